The molecule has 0 atom stereocenters. The van der Waals surface area contributed by atoms with E-state index in [0.717, 1.165) is 6.42 Å². The number of hydrogen-bond donors (Lipinski definition) is 2. The highest BCUT2D eigenvalue weighted by molar-refractivity contribution is 7.89. The number of benzene rings is 1. The summed E-state index contributed by atoms with van der Waals surface area (Å²) in [6.07, 6.45) is 0.731. The van der Waals surface area contributed by atoms with Crippen LogP contribution >= 0.6 is 0 Å². The van der Waals surface area contributed by atoms with Gasteiger partial charge in [-0.15, -0.1) is 0 Å². The summed E-state index contributed by atoms with van der Waals surface area (Å²) < 4.78 is 30.1. The van der Waals surface area contributed by atoms with Crippen molar-refractivity contribution < 1.29 is 17.9 Å². The molecule has 0 spiro atoms. The van der Waals surface area contributed by atoms with E-state index in [9.17, 15) is 13.2 Å². The zero-order valence-electron chi connectivity index (χ0n) is 11.0. The fourth-order valence-corrected chi connectivity index (χ4v) is 2.15. The standard InChI is InChI=1S/C12H18N2O4S/c1-13-19(16,17)11-6-4-10(5-7-11)12(15)14-8-3-9-18-2/h4-7,13H,3,8-9H2,1-2H3,(H,14,15). The van der Waals surface area contributed by atoms with Gasteiger partial charge in [0.1, 0.15) is 0 Å². The molecule has 0 heterocycles. The molecule has 0 fully saturated rings. The van der Waals surface area contributed by atoms with Crippen molar-refractivity contribution in [2.24, 2.45) is 0 Å². The maximum absolute atomic E-state index is 11.7. The number of carbonyl (C=O) groups excluding carboxylic acids is 1. The fraction of sp³-hybridized carbons (Fsp3) is 0.417. The molecule has 0 saturated carbocycles. The quantitative estimate of drug-likeness (QED) is 0.709. The molecule has 106 valence electrons. The Labute approximate surface area is 113 Å². The molecule has 1 amide bonds. The Morgan fingerprint density at radius 1 is 1.26 bits per heavy atom. The predicted molar refractivity (Wildman–Crippen MR) is 71.5 cm³/mol. The van der Waals surface area contributed by atoms with E-state index in [1.54, 1.807) is 7.11 Å². The van der Waals surface area contributed by atoms with E-state index < -0.39 is 10.0 Å². The van der Waals surface area contributed by atoms with Gasteiger partial charge in [0.15, 0.2) is 0 Å². The van der Waals surface area contributed by atoms with Gasteiger partial charge in [0.05, 0.1) is 4.90 Å². The van der Waals surface area contributed by atoms with Gasteiger partial charge in [-0.3, -0.25) is 4.79 Å². The Morgan fingerprint density at radius 2 is 1.89 bits per heavy atom. The van der Waals surface area contributed by atoms with Gasteiger partial charge in [0.25, 0.3) is 5.91 Å². The minimum absolute atomic E-state index is 0.130. The molecular formula is C12H18N2O4S. The van der Waals surface area contributed by atoms with Crippen LogP contribution in [0.5, 0.6) is 0 Å². The summed E-state index contributed by atoms with van der Waals surface area (Å²) in [5, 5.41) is 2.72. The van der Waals surface area contributed by atoms with Gasteiger partial charge in [0, 0.05) is 25.8 Å². The van der Waals surface area contributed by atoms with E-state index in [0.29, 0.717) is 18.7 Å². The molecule has 6 nitrogen and oxygen atoms in total. The van der Waals surface area contributed by atoms with Gasteiger partial charge < -0.3 is 10.1 Å². The Kier molecular flexibility index (Phi) is 5.94. The number of hydrogen-bond acceptors (Lipinski definition) is 4. The number of sulfonamides is 1. The van der Waals surface area contributed by atoms with Gasteiger partial charge in [-0.05, 0) is 37.7 Å². The van der Waals surface area contributed by atoms with Gasteiger partial charge in [-0.25, -0.2) is 13.1 Å². The second-order valence-electron chi connectivity index (χ2n) is 3.83. The van der Waals surface area contributed by atoms with Crippen molar-refractivity contribution in [1.29, 1.82) is 0 Å². The third-order valence-corrected chi connectivity index (χ3v) is 3.94. The van der Waals surface area contributed by atoms with Crippen LogP contribution in [0.2, 0.25) is 0 Å². The first-order valence-corrected chi connectivity index (χ1v) is 7.30. The van der Waals surface area contributed by atoms with Crippen molar-refractivity contribution >= 4 is 15.9 Å². The SMILES string of the molecule is CNS(=O)(=O)c1ccc(C(=O)NCCCOC)cc1. The van der Waals surface area contributed by atoms with Crippen LogP contribution in [0.15, 0.2) is 29.2 Å². The summed E-state index contributed by atoms with van der Waals surface area (Å²) in [7, 11) is -0.524. The van der Waals surface area contributed by atoms with Crippen LogP contribution in [0.3, 0.4) is 0 Å². The number of rotatable bonds is 7. The molecule has 0 aliphatic rings. The molecule has 0 saturated heterocycles. The molecule has 1 rings (SSSR count). The maximum atomic E-state index is 11.7. The highest BCUT2D eigenvalue weighted by atomic mass is 32.2. The largest absolute Gasteiger partial charge is 0.385 e. The van der Waals surface area contributed by atoms with E-state index in [-0.39, 0.29) is 10.8 Å². The highest BCUT2D eigenvalue weighted by Crippen LogP contribution is 2.09. The Bertz CT molecular complexity index is 511. The average molecular weight is 286 g/mol. The lowest BCUT2D eigenvalue weighted by atomic mass is 10.2. The Morgan fingerprint density at radius 3 is 2.42 bits per heavy atom. The summed E-state index contributed by atoms with van der Waals surface area (Å²) >= 11 is 0. The van der Waals surface area contributed by atoms with Crippen LogP contribution in [0.25, 0.3) is 0 Å². The van der Waals surface area contributed by atoms with E-state index in [2.05, 4.69) is 10.0 Å². The van der Waals surface area contributed by atoms with Crippen LogP contribution in [0.4, 0.5) is 0 Å². The first-order chi connectivity index (χ1) is 9.01. The van der Waals surface area contributed by atoms with Crippen LogP contribution in [0.1, 0.15) is 16.8 Å². The summed E-state index contributed by atoms with van der Waals surface area (Å²) in [5.41, 5.74) is 0.424. The smallest absolute Gasteiger partial charge is 0.251 e. The third-order valence-electron chi connectivity index (χ3n) is 2.51. The van der Waals surface area contributed by atoms with Crippen molar-refractivity contribution in [2.75, 3.05) is 27.3 Å². The second kappa shape index (κ2) is 7.22. The molecule has 1 aromatic carbocycles. The van der Waals surface area contributed by atoms with Crippen molar-refractivity contribution in [2.45, 2.75) is 11.3 Å². The maximum Gasteiger partial charge on any atom is 0.251 e. The van der Waals surface area contributed by atoms with Gasteiger partial charge >= 0.3 is 0 Å². The zero-order valence-corrected chi connectivity index (χ0v) is 11.8. The predicted octanol–water partition coefficient (Wildman–Crippen LogP) is 0.361. The van der Waals surface area contributed by atoms with Crippen molar-refractivity contribution in [3.63, 3.8) is 0 Å². The number of amides is 1. The minimum atomic E-state index is -3.46. The summed E-state index contributed by atoms with van der Waals surface area (Å²) in [5.74, 6) is -0.232. The second-order valence-corrected chi connectivity index (χ2v) is 5.72. The number of methoxy groups -OCH3 is 1. The fourth-order valence-electron chi connectivity index (χ4n) is 1.42. The van der Waals surface area contributed by atoms with E-state index in [1.807, 2.05) is 0 Å². The zero-order chi connectivity index (χ0) is 14.3. The molecule has 0 aliphatic heterocycles. The molecule has 0 aliphatic carbocycles. The number of carbonyl (C=O) groups is 1. The lowest BCUT2D eigenvalue weighted by molar-refractivity contribution is 0.0948. The molecule has 0 unspecified atom stereocenters. The van der Waals surface area contributed by atoms with Gasteiger partial charge in [0.2, 0.25) is 10.0 Å². The summed E-state index contributed by atoms with van der Waals surface area (Å²) in [6.45, 7) is 1.10. The first kappa shape index (κ1) is 15.6. The van der Waals surface area contributed by atoms with E-state index in [4.69, 9.17) is 4.74 Å². The molecule has 0 radical (unpaired) electrons. The minimum Gasteiger partial charge on any atom is -0.385 e. The normalized spacial score (nSPS) is 11.3. The van der Waals surface area contributed by atoms with Gasteiger partial charge in [-0.2, -0.15) is 0 Å². The number of ether oxygens (including phenoxy) is 1. The van der Waals surface area contributed by atoms with Gasteiger partial charge in [-0.1, -0.05) is 0 Å². The van der Waals surface area contributed by atoms with Crippen molar-refractivity contribution in [1.82, 2.24) is 10.0 Å². The average Bonchev–Trinajstić information content (AvgIpc) is 2.43. The van der Waals surface area contributed by atoms with Crippen molar-refractivity contribution in [3.05, 3.63) is 29.8 Å². The topological polar surface area (TPSA) is 84.5 Å². The van der Waals surface area contributed by atoms with Crippen molar-refractivity contribution in [3.8, 4) is 0 Å². The van der Waals surface area contributed by atoms with E-state index >= 15 is 0 Å². The Balaban J connectivity index is 2.64. The van der Waals surface area contributed by atoms with Crippen LogP contribution in [0, 0.1) is 0 Å². The lowest BCUT2D eigenvalue weighted by Crippen LogP contribution is -2.25. The molecule has 19 heavy (non-hydrogen) atoms. The monoisotopic (exact) mass is 286 g/mol. The summed E-state index contributed by atoms with van der Waals surface area (Å²) in [6, 6.07) is 5.76. The first-order valence-electron chi connectivity index (χ1n) is 5.82. The molecule has 2 N–H and O–H groups in total. The Hall–Kier alpha value is -1.44. The van der Waals surface area contributed by atoms with E-state index in [1.165, 1.54) is 31.3 Å². The number of nitrogens with one attached hydrogen (secondary N) is 2. The molecule has 7 heteroatoms. The van der Waals surface area contributed by atoms with Crippen LogP contribution < -0.4 is 10.0 Å². The highest BCUT2D eigenvalue weighted by Gasteiger charge is 2.12. The van der Waals surface area contributed by atoms with Crippen LogP contribution in [-0.2, 0) is 14.8 Å². The molecule has 1 aromatic rings. The molecule has 0 aromatic heterocycles. The van der Waals surface area contributed by atoms with Crippen LogP contribution in [-0.4, -0.2) is 41.6 Å². The molecule has 0 bridgehead atoms. The molecular weight excluding hydrogens is 268 g/mol. The third kappa shape index (κ3) is 4.62. The lowest BCUT2D eigenvalue weighted by Gasteiger charge is -2.06. The summed E-state index contributed by atoms with van der Waals surface area (Å²) in [4.78, 5) is 11.9.